The second kappa shape index (κ2) is 4.11. The molecular weight excluding hydrogens is 224 g/mol. The van der Waals surface area contributed by atoms with Gasteiger partial charge in [-0.25, -0.2) is 0 Å². The number of nitrogens with one attached hydrogen (secondary N) is 1. The minimum Gasteiger partial charge on any atom is -0.287 e. The van der Waals surface area contributed by atoms with E-state index in [4.69, 9.17) is 0 Å². The Balaban J connectivity index is 2.13. The molecule has 0 aliphatic carbocycles. The van der Waals surface area contributed by atoms with Crippen molar-refractivity contribution < 1.29 is 4.79 Å². The van der Waals surface area contributed by atoms with Gasteiger partial charge >= 0.3 is 0 Å². The standard InChI is InChI=1S/C15H12N2O/c1-10-7-8-12-13(9-10)16-17-14(12)15(18)11-5-3-2-4-6-11/h2-9H,1H3,(H,16,17). The van der Waals surface area contributed by atoms with Crippen LogP contribution in [0.2, 0.25) is 0 Å². The number of fused-ring (bicyclic) bond motifs is 1. The van der Waals surface area contributed by atoms with Crippen LogP contribution in [0.3, 0.4) is 0 Å². The van der Waals surface area contributed by atoms with Crippen molar-refractivity contribution in [1.29, 1.82) is 0 Å². The molecular formula is C15H12N2O. The van der Waals surface area contributed by atoms with Crippen molar-refractivity contribution >= 4 is 16.7 Å². The fourth-order valence-electron chi connectivity index (χ4n) is 2.03. The van der Waals surface area contributed by atoms with E-state index in [1.807, 2.05) is 43.3 Å². The average molecular weight is 236 g/mol. The second-order valence-electron chi connectivity index (χ2n) is 4.32. The minimum absolute atomic E-state index is 0.0503. The molecule has 0 fully saturated rings. The molecule has 0 atom stereocenters. The van der Waals surface area contributed by atoms with Gasteiger partial charge in [-0.2, -0.15) is 5.10 Å². The molecule has 1 N–H and O–H groups in total. The average Bonchev–Trinajstić information content (AvgIpc) is 2.81. The molecule has 1 aromatic heterocycles. The molecule has 2 aromatic carbocycles. The zero-order valence-electron chi connectivity index (χ0n) is 9.97. The first-order valence-electron chi connectivity index (χ1n) is 5.80. The molecule has 0 bridgehead atoms. The highest BCUT2D eigenvalue weighted by Crippen LogP contribution is 2.19. The highest BCUT2D eigenvalue weighted by Gasteiger charge is 2.15. The fraction of sp³-hybridized carbons (Fsp3) is 0.0667. The van der Waals surface area contributed by atoms with Crippen molar-refractivity contribution in [3.63, 3.8) is 0 Å². The number of hydrogen-bond donors (Lipinski definition) is 1. The Bertz CT molecular complexity index is 714. The Morgan fingerprint density at radius 2 is 1.89 bits per heavy atom. The monoisotopic (exact) mass is 236 g/mol. The number of aryl methyl sites for hydroxylation is 1. The number of aromatic amines is 1. The number of carbonyl (C=O) groups excluding carboxylic acids is 1. The van der Waals surface area contributed by atoms with E-state index in [1.54, 1.807) is 12.1 Å². The van der Waals surface area contributed by atoms with Gasteiger partial charge in [0.15, 0.2) is 0 Å². The van der Waals surface area contributed by atoms with Crippen molar-refractivity contribution in [3.8, 4) is 0 Å². The largest absolute Gasteiger partial charge is 0.287 e. The molecule has 0 aliphatic heterocycles. The van der Waals surface area contributed by atoms with E-state index in [0.717, 1.165) is 16.5 Å². The number of H-pyrrole nitrogens is 1. The first-order valence-corrected chi connectivity index (χ1v) is 5.80. The lowest BCUT2D eigenvalue weighted by Gasteiger charge is -1.98. The van der Waals surface area contributed by atoms with E-state index in [2.05, 4.69) is 10.2 Å². The molecule has 0 radical (unpaired) electrons. The zero-order valence-corrected chi connectivity index (χ0v) is 9.97. The van der Waals surface area contributed by atoms with Crippen LogP contribution in [0.15, 0.2) is 48.5 Å². The third-order valence-corrected chi connectivity index (χ3v) is 2.97. The summed E-state index contributed by atoms with van der Waals surface area (Å²) in [5, 5.41) is 7.92. The predicted octanol–water partition coefficient (Wildman–Crippen LogP) is 3.10. The molecule has 18 heavy (non-hydrogen) atoms. The number of aromatic nitrogens is 2. The molecule has 0 saturated carbocycles. The number of ketones is 1. The molecule has 0 spiro atoms. The van der Waals surface area contributed by atoms with Gasteiger partial charge in [-0.15, -0.1) is 0 Å². The predicted molar refractivity (Wildman–Crippen MR) is 70.7 cm³/mol. The topological polar surface area (TPSA) is 45.8 Å². The van der Waals surface area contributed by atoms with E-state index >= 15 is 0 Å². The third kappa shape index (κ3) is 1.70. The Kier molecular flexibility index (Phi) is 2.45. The summed E-state index contributed by atoms with van der Waals surface area (Å²) in [7, 11) is 0. The Hall–Kier alpha value is -2.42. The second-order valence-corrected chi connectivity index (χ2v) is 4.32. The number of rotatable bonds is 2. The van der Waals surface area contributed by atoms with Crippen LogP contribution in [-0.4, -0.2) is 16.0 Å². The van der Waals surface area contributed by atoms with Crippen LogP contribution in [-0.2, 0) is 0 Å². The van der Waals surface area contributed by atoms with Gasteiger partial charge in [-0.05, 0) is 18.6 Å². The molecule has 0 unspecified atom stereocenters. The highest BCUT2D eigenvalue weighted by molar-refractivity contribution is 6.14. The van der Waals surface area contributed by atoms with E-state index in [1.165, 1.54) is 0 Å². The number of nitrogens with zero attached hydrogens (tertiary/aromatic N) is 1. The van der Waals surface area contributed by atoms with Crippen molar-refractivity contribution in [1.82, 2.24) is 10.2 Å². The van der Waals surface area contributed by atoms with Crippen molar-refractivity contribution in [2.75, 3.05) is 0 Å². The highest BCUT2D eigenvalue weighted by atomic mass is 16.1. The molecule has 3 rings (SSSR count). The summed E-state index contributed by atoms with van der Waals surface area (Å²) >= 11 is 0. The summed E-state index contributed by atoms with van der Waals surface area (Å²) in [5.41, 5.74) is 3.18. The summed E-state index contributed by atoms with van der Waals surface area (Å²) in [5.74, 6) is -0.0503. The molecule has 88 valence electrons. The zero-order chi connectivity index (χ0) is 12.5. The number of carbonyl (C=O) groups is 1. The molecule has 0 aliphatic rings. The van der Waals surface area contributed by atoms with Gasteiger partial charge in [-0.1, -0.05) is 42.5 Å². The summed E-state index contributed by atoms with van der Waals surface area (Å²) < 4.78 is 0. The van der Waals surface area contributed by atoms with E-state index < -0.39 is 0 Å². The molecule has 0 saturated heterocycles. The summed E-state index contributed by atoms with van der Waals surface area (Å²) in [4.78, 5) is 12.3. The Morgan fingerprint density at radius 3 is 2.67 bits per heavy atom. The van der Waals surface area contributed by atoms with E-state index in [9.17, 15) is 4.79 Å². The van der Waals surface area contributed by atoms with E-state index in [-0.39, 0.29) is 5.78 Å². The quantitative estimate of drug-likeness (QED) is 0.695. The van der Waals surface area contributed by atoms with Crippen LogP contribution >= 0.6 is 0 Å². The van der Waals surface area contributed by atoms with Gasteiger partial charge in [0.2, 0.25) is 5.78 Å². The van der Waals surface area contributed by atoms with Gasteiger partial charge < -0.3 is 0 Å². The molecule has 3 aromatic rings. The van der Waals surface area contributed by atoms with Crippen LogP contribution < -0.4 is 0 Å². The summed E-state index contributed by atoms with van der Waals surface area (Å²) in [6.07, 6.45) is 0. The van der Waals surface area contributed by atoms with Crippen molar-refractivity contribution in [2.45, 2.75) is 6.92 Å². The van der Waals surface area contributed by atoms with Crippen molar-refractivity contribution in [2.24, 2.45) is 0 Å². The fourth-order valence-corrected chi connectivity index (χ4v) is 2.03. The SMILES string of the molecule is Cc1ccc2c(C(=O)c3ccccc3)n[nH]c2c1. The van der Waals surface area contributed by atoms with E-state index in [0.29, 0.717) is 11.3 Å². The molecule has 0 amide bonds. The van der Waals surface area contributed by atoms with Crippen LogP contribution in [0.1, 0.15) is 21.6 Å². The van der Waals surface area contributed by atoms with Gasteiger partial charge in [-0.3, -0.25) is 9.89 Å². The van der Waals surface area contributed by atoms with Gasteiger partial charge in [0.05, 0.1) is 5.52 Å². The molecule has 1 heterocycles. The molecule has 3 heteroatoms. The first-order chi connectivity index (χ1) is 8.75. The van der Waals surface area contributed by atoms with Crippen molar-refractivity contribution in [3.05, 3.63) is 65.4 Å². The van der Waals surface area contributed by atoms with Crippen LogP contribution in [0, 0.1) is 6.92 Å². The number of hydrogen-bond acceptors (Lipinski definition) is 2. The lowest BCUT2D eigenvalue weighted by Crippen LogP contribution is -2.01. The summed E-state index contributed by atoms with van der Waals surface area (Å²) in [6, 6.07) is 15.1. The maximum absolute atomic E-state index is 12.3. The Morgan fingerprint density at radius 1 is 1.11 bits per heavy atom. The van der Waals surface area contributed by atoms with Crippen LogP contribution in [0.25, 0.3) is 10.9 Å². The van der Waals surface area contributed by atoms with Gasteiger partial charge in [0, 0.05) is 10.9 Å². The van der Waals surface area contributed by atoms with Gasteiger partial charge in [0.25, 0.3) is 0 Å². The lowest BCUT2D eigenvalue weighted by molar-refractivity contribution is 0.103. The lowest BCUT2D eigenvalue weighted by atomic mass is 10.0. The Labute approximate surface area is 104 Å². The van der Waals surface area contributed by atoms with Crippen LogP contribution in [0.5, 0.6) is 0 Å². The third-order valence-electron chi connectivity index (χ3n) is 2.97. The first kappa shape index (κ1) is 10.7. The smallest absolute Gasteiger partial charge is 0.213 e. The normalized spacial score (nSPS) is 10.7. The summed E-state index contributed by atoms with van der Waals surface area (Å²) in [6.45, 7) is 2.01. The number of benzene rings is 2. The molecule has 3 nitrogen and oxygen atoms in total. The minimum atomic E-state index is -0.0503. The van der Waals surface area contributed by atoms with Crippen LogP contribution in [0.4, 0.5) is 0 Å². The van der Waals surface area contributed by atoms with Gasteiger partial charge in [0.1, 0.15) is 5.69 Å². The maximum Gasteiger partial charge on any atom is 0.213 e. The maximum atomic E-state index is 12.3.